The Hall–Kier alpha value is -1.17. The van der Waals surface area contributed by atoms with Crippen molar-refractivity contribution in [1.82, 2.24) is 4.90 Å². The number of nitrogens with zero attached hydrogens (tertiary/aromatic N) is 1. The second-order valence-electron chi connectivity index (χ2n) is 4.74. The minimum Gasteiger partial charge on any atom is -0.325 e. The third-order valence-corrected chi connectivity index (χ3v) is 4.50. The van der Waals surface area contributed by atoms with Crippen LogP contribution < -0.4 is 5.32 Å². The van der Waals surface area contributed by atoms with Crippen LogP contribution >= 0.6 is 27.3 Å². The first-order valence-corrected chi connectivity index (χ1v) is 7.94. The molecule has 0 saturated heterocycles. The lowest BCUT2D eigenvalue weighted by Crippen LogP contribution is -2.29. The number of hydrogen-bond donors (Lipinski definition) is 1. The van der Waals surface area contributed by atoms with Gasteiger partial charge in [0.25, 0.3) is 0 Å². The summed E-state index contributed by atoms with van der Waals surface area (Å²) in [5.74, 6) is 0.0115. The molecule has 1 N–H and O–H groups in total. The summed E-state index contributed by atoms with van der Waals surface area (Å²) in [6.07, 6.45) is 0. The molecule has 0 bridgehead atoms. The number of benzene rings is 1. The normalized spacial score (nSPS) is 10.8. The van der Waals surface area contributed by atoms with Gasteiger partial charge in [-0.25, -0.2) is 0 Å². The molecule has 3 nitrogen and oxygen atoms in total. The maximum Gasteiger partial charge on any atom is 0.238 e. The molecule has 1 heterocycles. The van der Waals surface area contributed by atoms with Gasteiger partial charge in [-0.05, 0) is 53.7 Å². The number of carbonyl (C=O) groups is 1. The molecule has 0 fully saturated rings. The fourth-order valence-electron chi connectivity index (χ4n) is 1.91. The Balaban J connectivity index is 1.86. The van der Waals surface area contributed by atoms with E-state index in [2.05, 4.69) is 27.3 Å². The van der Waals surface area contributed by atoms with Crippen molar-refractivity contribution < 1.29 is 4.79 Å². The fourth-order valence-corrected chi connectivity index (χ4v) is 3.47. The molecule has 1 amide bonds. The average Bonchev–Trinajstić information content (AvgIpc) is 2.77. The minimum absolute atomic E-state index is 0.0115. The highest BCUT2D eigenvalue weighted by atomic mass is 79.9. The zero-order chi connectivity index (χ0) is 14.5. The molecule has 0 atom stereocenters. The molecule has 5 heteroatoms. The molecule has 2 aromatic rings. The number of carbonyl (C=O) groups excluding carboxylic acids is 1. The summed E-state index contributed by atoms with van der Waals surface area (Å²) in [7, 11) is 1.95. The predicted molar refractivity (Wildman–Crippen MR) is 88.2 cm³/mol. The largest absolute Gasteiger partial charge is 0.325 e. The summed E-state index contributed by atoms with van der Waals surface area (Å²) in [5.41, 5.74) is 1.95. The Labute approximate surface area is 131 Å². The Morgan fingerprint density at radius 1 is 1.30 bits per heavy atom. The maximum absolute atomic E-state index is 12.0. The lowest BCUT2D eigenvalue weighted by molar-refractivity contribution is -0.117. The molecule has 0 saturated carbocycles. The van der Waals surface area contributed by atoms with E-state index in [1.54, 1.807) is 11.3 Å². The second-order valence-corrected chi connectivity index (χ2v) is 7.29. The van der Waals surface area contributed by atoms with E-state index in [9.17, 15) is 4.79 Å². The Morgan fingerprint density at radius 2 is 2.05 bits per heavy atom. The van der Waals surface area contributed by atoms with Crippen LogP contribution in [0.1, 0.15) is 10.4 Å². The van der Waals surface area contributed by atoms with Crippen LogP contribution in [0.5, 0.6) is 0 Å². The SMILES string of the molecule is Cc1ccccc1NC(=O)CN(C)Cc1ccc(Br)s1. The number of rotatable bonds is 5. The topological polar surface area (TPSA) is 32.3 Å². The second kappa shape index (κ2) is 7.02. The zero-order valence-electron chi connectivity index (χ0n) is 11.5. The number of anilines is 1. The molecule has 2 rings (SSSR count). The van der Waals surface area contributed by atoms with E-state index in [1.807, 2.05) is 49.2 Å². The van der Waals surface area contributed by atoms with E-state index in [-0.39, 0.29) is 5.91 Å². The molecule has 0 spiro atoms. The summed E-state index contributed by atoms with van der Waals surface area (Å²) in [5, 5.41) is 2.95. The zero-order valence-corrected chi connectivity index (χ0v) is 13.9. The van der Waals surface area contributed by atoms with Crippen LogP contribution in [-0.4, -0.2) is 24.4 Å². The van der Waals surface area contributed by atoms with Crippen LogP contribution in [0, 0.1) is 6.92 Å². The number of likely N-dealkylation sites (N-methyl/N-ethyl adjacent to an activating group) is 1. The van der Waals surface area contributed by atoms with Gasteiger partial charge in [-0.1, -0.05) is 18.2 Å². The van der Waals surface area contributed by atoms with Gasteiger partial charge in [0.2, 0.25) is 5.91 Å². The van der Waals surface area contributed by atoms with Crippen molar-refractivity contribution in [1.29, 1.82) is 0 Å². The van der Waals surface area contributed by atoms with Crippen molar-refractivity contribution in [3.05, 3.63) is 50.6 Å². The summed E-state index contributed by atoms with van der Waals surface area (Å²) >= 11 is 5.14. The number of halogens is 1. The van der Waals surface area contributed by atoms with Gasteiger partial charge in [0.15, 0.2) is 0 Å². The summed E-state index contributed by atoms with van der Waals surface area (Å²) in [6.45, 7) is 3.14. The van der Waals surface area contributed by atoms with Crippen molar-refractivity contribution in [3.8, 4) is 0 Å². The van der Waals surface area contributed by atoms with E-state index < -0.39 is 0 Å². The third-order valence-electron chi connectivity index (χ3n) is 2.89. The highest BCUT2D eigenvalue weighted by Gasteiger charge is 2.09. The number of aryl methyl sites for hydroxylation is 1. The molecule has 106 valence electrons. The van der Waals surface area contributed by atoms with Crippen LogP contribution in [0.25, 0.3) is 0 Å². The first-order valence-electron chi connectivity index (χ1n) is 6.33. The van der Waals surface area contributed by atoms with Crippen LogP contribution in [0.15, 0.2) is 40.2 Å². The smallest absolute Gasteiger partial charge is 0.238 e. The molecule has 0 unspecified atom stereocenters. The molecule has 1 aromatic carbocycles. The van der Waals surface area contributed by atoms with E-state index in [1.165, 1.54) is 4.88 Å². The van der Waals surface area contributed by atoms with Crippen molar-refractivity contribution in [2.75, 3.05) is 18.9 Å². The van der Waals surface area contributed by atoms with Gasteiger partial charge in [-0.2, -0.15) is 0 Å². The van der Waals surface area contributed by atoms with Crippen LogP contribution in [0.3, 0.4) is 0 Å². The molecular formula is C15H17BrN2OS. The van der Waals surface area contributed by atoms with E-state index in [4.69, 9.17) is 0 Å². The highest BCUT2D eigenvalue weighted by Crippen LogP contribution is 2.23. The summed E-state index contributed by atoms with van der Waals surface area (Å²) in [6, 6.07) is 11.9. The molecule has 0 aliphatic carbocycles. The molecule has 1 aromatic heterocycles. The lowest BCUT2D eigenvalue weighted by Gasteiger charge is -2.16. The van der Waals surface area contributed by atoms with Crippen molar-refractivity contribution in [2.45, 2.75) is 13.5 Å². The molecular weight excluding hydrogens is 336 g/mol. The number of para-hydroxylation sites is 1. The Kier molecular flexibility index (Phi) is 5.34. The van der Waals surface area contributed by atoms with Gasteiger partial charge in [-0.3, -0.25) is 9.69 Å². The number of hydrogen-bond acceptors (Lipinski definition) is 3. The maximum atomic E-state index is 12.0. The lowest BCUT2D eigenvalue weighted by atomic mass is 10.2. The van der Waals surface area contributed by atoms with E-state index in [0.717, 1.165) is 21.6 Å². The van der Waals surface area contributed by atoms with Crippen molar-refractivity contribution >= 4 is 38.9 Å². The van der Waals surface area contributed by atoms with Gasteiger partial charge in [0, 0.05) is 17.1 Å². The highest BCUT2D eigenvalue weighted by molar-refractivity contribution is 9.11. The van der Waals surface area contributed by atoms with Crippen molar-refractivity contribution in [3.63, 3.8) is 0 Å². The average molecular weight is 353 g/mol. The first-order chi connectivity index (χ1) is 9.54. The fraction of sp³-hybridized carbons (Fsp3) is 0.267. The van der Waals surface area contributed by atoms with Gasteiger partial charge in [0.1, 0.15) is 0 Å². The van der Waals surface area contributed by atoms with E-state index in [0.29, 0.717) is 6.54 Å². The molecule has 0 radical (unpaired) electrons. The van der Waals surface area contributed by atoms with Gasteiger partial charge in [0.05, 0.1) is 10.3 Å². The monoisotopic (exact) mass is 352 g/mol. The Bertz CT molecular complexity index is 597. The standard InChI is InChI=1S/C15H17BrN2OS/c1-11-5-3-4-6-13(11)17-15(19)10-18(2)9-12-7-8-14(16)20-12/h3-8H,9-10H2,1-2H3,(H,17,19). The number of nitrogens with one attached hydrogen (secondary N) is 1. The minimum atomic E-state index is 0.0115. The van der Waals surface area contributed by atoms with Crippen LogP contribution in [0.4, 0.5) is 5.69 Å². The number of amides is 1. The third kappa shape index (κ3) is 4.44. The predicted octanol–water partition coefficient (Wildman–Crippen LogP) is 3.89. The first kappa shape index (κ1) is 15.2. The number of thiophene rings is 1. The van der Waals surface area contributed by atoms with Gasteiger partial charge < -0.3 is 5.32 Å². The quantitative estimate of drug-likeness (QED) is 0.885. The molecule has 20 heavy (non-hydrogen) atoms. The van der Waals surface area contributed by atoms with Crippen LogP contribution in [-0.2, 0) is 11.3 Å². The van der Waals surface area contributed by atoms with Crippen molar-refractivity contribution in [2.24, 2.45) is 0 Å². The molecule has 0 aliphatic heterocycles. The van der Waals surface area contributed by atoms with Gasteiger partial charge in [-0.15, -0.1) is 11.3 Å². The summed E-state index contributed by atoms with van der Waals surface area (Å²) < 4.78 is 1.12. The summed E-state index contributed by atoms with van der Waals surface area (Å²) in [4.78, 5) is 15.3. The van der Waals surface area contributed by atoms with Gasteiger partial charge >= 0.3 is 0 Å². The van der Waals surface area contributed by atoms with E-state index >= 15 is 0 Å². The van der Waals surface area contributed by atoms with Crippen LogP contribution in [0.2, 0.25) is 0 Å². The Morgan fingerprint density at radius 3 is 2.70 bits per heavy atom. The molecule has 0 aliphatic rings.